The molecule has 0 saturated heterocycles. The van der Waals surface area contributed by atoms with E-state index in [0.717, 1.165) is 11.1 Å². The summed E-state index contributed by atoms with van der Waals surface area (Å²) >= 11 is 0. The topological polar surface area (TPSA) is 76.2 Å². The molecule has 1 aromatic rings. The number of amides is 1. The highest BCUT2D eigenvalue weighted by Crippen LogP contribution is 2.27. The fourth-order valence-electron chi connectivity index (χ4n) is 1.95. The summed E-state index contributed by atoms with van der Waals surface area (Å²) in [6.07, 6.45) is -0.891. The highest BCUT2D eigenvalue weighted by Gasteiger charge is 2.18. The third kappa shape index (κ3) is 3.29. The molecule has 0 heterocycles. The van der Waals surface area contributed by atoms with E-state index in [4.69, 9.17) is 11.1 Å². The molecule has 98 valence electrons. The van der Waals surface area contributed by atoms with Gasteiger partial charge in [-0.3, -0.25) is 5.41 Å². The minimum atomic E-state index is -1.02. The number of ether oxygens (including phenoxy) is 1. The number of carbonyl (C=O) groups excluding carboxylic acids is 1. The standard InChI is InChI=1S/C13H17FN2O2/c1-7-4-5-10(14)12(9(7)3)8(2)6-11(15)18-13(16)17/h4-5,8,15H,6H2,1-3H3,(H2,16,17). The molecule has 1 unspecified atom stereocenters. The number of rotatable bonds is 3. The van der Waals surface area contributed by atoms with Crippen LogP contribution in [0.2, 0.25) is 0 Å². The molecular formula is C13H17FN2O2. The van der Waals surface area contributed by atoms with Crippen molar-refractivity contribution in [1.29, 1.82) is 5.41 Å². The molecular weight excluding hydrogens is 235 g/mol. The van der Waals surface area contributed by atoms with Crippen LogP contribution in [-0.4, -0.2) is 12.0 Å². The van der Waals surface area contributed by atoms with Gasteiger partial charge in [-0.15, -0.1) is 0 Å². The minimum Gasteiger partial charge on any atom is -0.396 e. The summed E-state index contributed by atoms with van der Waals surface area (Å²) in [6.45, 7) is 5.52. The maximum absolute atomic E-state index is 13.8. The fourth-order valence-corrected chi connectivity index (χ4v) is 1.95. The summed E-state index contributed by atoms with van der Waals surface area (Å²) in [5.41, 5.74) is 7.21. The highest BCUT2D eigenvalue weighted by atomic mass is 19.1. The Kier molecular flexibility index (Phi) is 4.42. The monoisotopic (exact) mass is 252 g/mol. The van der Waals surface area contributed by atoms with E-state index < -0.39 is 6.09 Å². The van der Waals surface area contributed by atoms with Crippen LogP contribution in [0.25, 0.3) is 0 Å². The Morgan fingerprint density at radius 3 is 2.67 bits per heavy atom. The number of carbonyl (C=O) groups is 1. The van der Waals surface area contributed by atoms with Crippen molar-refractivity contribution in [2.75, 3.05) is 0 Å². The van der Waals surface area contributed by atoms with Crippen LogP contribution >= 0.6 is 0 Å². The molecule has 0 aromatic heterocycles. The maximum atomic E-state index is 13.8. The number of hydrogen-bond acceptors (Lipinski definition) is 3. The van der Waals surface area contributed by atoms with Crippen LogP contribution in [0.15, 0.2) is 12.1 Å². The van der Waals surface area contributed by atoms with Crippen molar-refractivity contribution >= 4 is 12.0 Å². The Morgan fingerprint density at radius 2 is 2.11 bits per heavy atom. The second kappa shape index (κ2) is 5.62. The molecule has 1 amide bonds. The first-order valence-electron chi connectivity index (χ1n) is 5.63. The third-order valence-corrected chi connectivity index (χ3v) is 2.94. The van der Waals surface area contributed by atoms with Gasteiger partial charge in [0.05, 0.1) is 0 Å². The van der Waals surface area contributed by atoms with Gasteiger partial charge in [0.15, 0.2) is 5.90 Å². The van der Waals surface area contributed by atoms with Crippen molar-refractivity contribution in [3.05, 3.63) is 34.6 Å². The van der Waals surface area contributed by atoms with E-state index in [2.05, 4.69) is 4.74 Å². The first kappa shape index (κ1) is 14.2. The van der Waals surface area contributed by atoms with Gasteiger partial charge in [-0.25, -0.2) is 9.18 Å². The SMILES string of the molecule is Cc1ccc(F)c(C(C)CC(=N)OC(N)=O)c1C. The molecule has 0 aliphatic carbocycles. The van der Waals surface area contributed by atoms with Gasteiger partial charge >= 0.3 is 6.09 Å². The van der Waals surface area contributed by atoms with Crippen molar-refractivity contribution in [3.63, 3.8) is 0 Å². The Morgan fingerprint density at radius 1 is 1.50 bits per heavy atom. The molecule has 0 saturated carbocycles. The van der Waals surface area contributed by atoms with E-state index in [1.807, 2.05) is 13.8 Å². The molecule has 0 aliphatic rings. The van der Waals surface area contributed by atoms with Gasteiger partial charge in [0.1, 0.15) is 5.82 Å². The molecule has 0 radical (unpaired) electrons. The predicted molar refractivity (Wildman–Crippen MR) is 67.3 cm³/mol. The quantitative estimate of drug-likeness (QED) is 0.640. The molecule has 5 heteroatoms. The molecule has 0 spiro atoms. The van der Waals surface area contributed by atoms with Crippen molar-refractivity contribution in [2.45, 2.75) is 33.1 Å². The second-order valence-corrected chi connectivity index (χ2v) is 4.35. The lowest BCUT2D eigenvalue weighted by Gasteiger charge is -2.17. The van der Waals surface area contributed by atoms with Gasteiger partial charge in [0.25, 0.3) is 0 Å². The van der Waals surface area contributed by atoms with E-state index in [-0.39, 0.29) is 24.1 Å². The highest BCUT2D eigenvalue weighted by molar-refractivity contribution is 5.85. The van der Waals surface area contributed by atoms with E-state index in [0.29, 0.717) is 5.56 Å². The second-order valence-electron chi connectivity index (χ2n) is 4.35. The van der Waals surface area contributed by atoms with Crippen molar-refractivity contribution < 1.29 is 13.9 Å². The molecule has 0 aliphatic heterocycles. The lowest BCUT2D eigenvalue weighted by molar-refractivity contribution is 0.206. The number of aryl methyl sites for hydroxylation is 1. The number of halogens is 1. The number of primary amides is 1. The maximum Gasteiger partial charge on any atom is 0.411 e. The minimum absolute atomic E-state index is 0.129. The summed E-state index contributed by atoms with van der Waals surface area (Å²) in [4.78, 5) is 10.5. The van der Waals surface area contributed by atoms with Crippen molar-refractivity contribution in [1.82, 2.24) is 0 Å². The normalized spacial score (nSPS) is 12.0. The van der Waals surface area contributed by atoms with Crippen LogP contribution in [0, 0.1) is 25.1 Å². The van der Waals surface area contributed by atoms with Gasteiger partial charge in [-0.1, -0.05) is 13.0 Å². The van der Waals surface area contributed by atoms with E-state index in [1.165, 1.54) is 6.07 Å². The fraction of sp³-hybridized carbons (Fsp3) is 0.385. The van der Waals surface area contributed by atoms with Crippen molar-refractivity contribution in [3.8, 4) is 0 Å². The van der Waals surface area contributed by atoms with Crippen molar-refractivity contribution in [2.24, 2.45) is 5.73 Å². The Bertz CT molecular complexity index is 486. The lowest BCUT2D eigenvalue weighted by atomic mass is 9.91. The first-order chi connectivity index (χ1) is 8.32. The Labute approximate surface area is 105 Å². The average Bonchev–Trinajstić information content (AvgIpc) is 2.22. The molecule has 1 rings (SSSR count). The third-order valence-electron chi connectivity index (χ3n) is 2.94. The van der Waals surface area contributed by atoms with Gasteiger partial charge in [0, 0.05) is 6.42 Å². The van der Waals surface area contributed by atoms with E-state index in [9.17, 15) is 9.18 Å². The number of nitrogens with two attached hydrogens (primary N) is 1. The molecule has 1 aromatic carbocycles. The zero-order chi connectivity index (χ0) is 13.9. The van der Waals surface area contributed by atoms with Crippen LogP contribution in [0.3, 0.4) is 0 Å². The molecule has 1 atom stereocenters. The van der Waals surface area contributed by atoms with Crippen LogP contribution in [0.5, 0.6) is 0 Å². The van der Waals surface area contributed by atoms with Gasteiger partial charge in [-0.05, 0) is 42.5 Å². The van der Waals surface area contributed by atoms with Gasteiger partial charge in [-0.2, -0.15) is 0 Å². The zero-order valence-corrected chi connectivity index (χ0v) is 10.7. The van der Waals surface area contributed by atoms with Gasteiger partial charge in [0.2, 0.25) is 0 Å². The van der Waals surface area contributed by atoms with Crippen LogP contribution < -0.4 is 5.73 Å². The molecule has 0 bridgehead atoms. The van der Waals surface area contributed by atoms with E-state index in [1.54, 1.807) is 13.0 Å². The zero-order valence-electron chi connectivity index (χ0n) is 10.7. The number of hydrogen-bond donors (Lipinski definition) is 2. The average molecular weight is 252 g/mol. The Hall–Kier alpha value is -1.91. The smallest absolute Gasteiger partial charge is 0.396 e. The predicted octanol–water partition coefficient (Wildman–Crippen LogP) is 3.01. The molecule has 18 heavy (non-hydrogen) atoms. The summed E-state index contributed by atoms with van der Waals surface area (Å²) in [7, 11) is 0. The van der Waals surface area contributed by atoms with Crippen LogP contribution in [-0.2, 0) is 4.74 Å². The summed E-state index contributed by atoms with van der Waals surface area (Å²) in [5, 5.41) is 7.45. The first-order valence-corrected chi connectivity index (χ1v) is 5.63. The number of benzene rings is 1. The largest absolute Gasteiger partial charge is 0.411 e. The van der Waals surface area contributed by atoms with Gasteiger partial charge < -0.3 is 10.5 Å². The summed E-state index contributed by atoms with van der Waals surface area (Å²) < 4.78 is 18.2. The summed E-state index contributed by atoms with van der Waals surface area (Å²) in [6, 6.07) is 3.12. The van der Waals surface area contributed by atoms with Crippen LogP contribution in [0.4, 0.5) is 9.18 Å². The molecule has 0 fully saturated rings. The van der Waals surface area contributed by atoms with Crippen LogP contribution in [0.1, 0.15) is 36.0 Å². The Balaban J connectivity index is 2.91. The number of nitrogens with one attached hydrogen (secondary N) is 1. The molecule has 4 nitrogen and oxygen atoms in total. The summed E-state index contributed by atoms with van der Waals surface area (Å²) in [5.74, 6) is -0.815. The van der Waals surface area contributed by atoms with E-state index >= 15 is 0 Å². The lowest BCUT2D eigenvalue weighted by Crippen LogP contribution is -2.19. The molecule has 3 N–H and O–H groups in total.